The van der Waals surface area contributed by atoms with E-state index < -0.39 is 0 Å². The van der Waals surface area contributed by atoms with Crippen LogP contribution in [0.15, 0.2) is 30.6 Å². The summed E-state index contributed by atoms with van der Waals surface area (Å²) in [6.07, 6.45) is 5.80. The van der Waals surface area contributed by atoms with Crippen molar-refractivity contribution in [3.05, 3.63) is 52.8 Å². The van der Waals surface area contributed by atoms with E-state index in [0.717, 1.165) is 41.7 Å². The van der Waals surface area contributed by atoms with Crippen molar-refractivity contribution in [3.63, 3.8) is 0 Å². The number of nitrogens with one attached hydrogen (secondary N) is 2. The Morgan fingerprint density at radius 3 is 2.80 bits per heavy atom. The van der Waals surface area contributed by atoms with E-state index in [1.807, 2.05) is 22.2 Å². The molecule has 6 rings (SSSR count). The predicted octanol–water partition coefficient (Wildman–Crippen LogP) is 3.13. The molecule has 3 aromatic rings. The van der Waals surface area contributed by atoms with Crippen LogP contribution in [0.2, 0.25) is 0 Å². The summed E-state index contributed by atoms with van der Waals surface area (Å²) in [5.74, 6) is 0. The lowest BCUT2D eigenvalue weighted by Crippen LogP contribution is -2.49. The van der Waals surface area contributed by atoms with E-state index >= 15 is 0 Å². The number of pyridine rings is 1. The molecule has 0 radical (unpaired) electrons. The zero-order valence-corrected chi connectivity index (χ0v) is 20.2. The minimum absolute atomic E-state index is 0.0861. The SMILES string of the molecule is Cc1c[nH]c2ncc(-c3cc4c(c([C@@H]5COCCN5)c3)CN(C(=O)N3CCC(O)CC3)CC4)cc12. The van der Waals surface area contributed by atoms with Crippen LogP contribution >= 0.6 is 0 Å². The quantitative estimate of drug-likeness (QED) is 0.530. The number of hydrogen-bond acceptors (Lipinski definition) is 5. The Labute approximate surface area is 205 Å². The van der Waals surface area contributed by atoms with Crippen molar-refractivity contribution < 1.29 is 14.6 Å². The van der Waals surface area contributed by atoms with Gasteiger partial charge >= 0.3 is 6.03 Å². The highest BCUT2D eigenvalue weighted by molar-refractivity contribution is 5.84. The second-order valence-electron chi connectivity index (χ2n) is 10.0. The van der Waals surface area contributed by atoms with E-state index in [4.69, 9.17) is 4.74 Å². The van der Waals surface area contributed by atoms with Crippen LogP contribution in [0, 0.1) is 6.92 Å². The summed E-state index contributed by atoms with van der Waals surface area (Å²) < 4.78 is 5.82. The molecular formula is C27H33N5O3. The first-order valence-corrected chi connectivity index (χ1v) is 12.7. The molecule has 0 unspecified atom stereocenters. The molecule has 2 saturated heterocycles. The lowest BCUT2D eigenvalue weighted by atomic mass is 9.87. The lowest BCUT2D eigenvalue weighted by molar-refractivity contribution is 0.0749. The molecule has 3 aliphatic rings. The molecule has 3 N–H and O–H groups in total. The maximum absolute atomic E-state index is 13.3. The van der Waals surface area contributed by atoms with Gasteiger partial charge in [-0.1, -0.05) is 6.07 Å². The normalized spacial score (nSPS) is 21.4. The number of likely N-dealkylation sites (tertiary alicyclic amines) is 1. The van der Waals surface area contributed by atoms with Crippen LogP contribution in [0.5, 0.6) is 0 Å². The fourth-order valence-corrected chi connectivity index (χ4v) is 5.65. The minimum atomic E-state index is -0.285. The van der Waals surface area contributed by atoms with E-state index in [0.29, 0.717) is 45.6 Å². The number of benzene rings is 1. The fourth-order valence-electron chi connectivity index (χ4n) is 5.65. The number of aromatic amines is 1. The number of fused-ring (bicyclic) bond motifs is 2. The molecule has 2 amide bonds. The minimum Gasteiger partial charge on any atom is -0.393 e. The molecule has 5 heterocycles. The van der Waals surface area contributed by atoms with Crippen molar-refractivity contribution in [3.8, 4) is 11.1 Å². The fraction of sp³-hybridized carbons (Fsp3) is 0.481. The molecule has 8 nitrogen and oxygen atoms in total. The Hall–Kier alpha value is -2.94. The van der Waals surface area contributed by atoms with Crippen molar-refractivity contribution in [1.29, 1.82) is 0 Å². The van der Waals surface area contributed by atoms with Crippen LogP contribution in [0.4, 0.5) is 4.79 Å². The van der Waals surface area contributed by atoms with Crippen LogP contribution in [0.3, 0.4) is 0 Å². The van der Waals surface area contributed by atoms with Crippen LogP contribution in [-0.4, -0.2) is 76.4 Å². The topological polar surface area (TPSA) is 93.7 Å². The van der Waals surface area contributed by atoms with Gasteiger partial charge in [0.2, 0.25) is 0 Å². The largest absolute Gasteiger partial charge is 0.393 e. The summed E-state index contributed by atoms with van der Waals surface area (Å²) in [7, 11) is 0. The van der Waals surface area contributed by atoms with Gasteiger partial charge in [0, 0.05) is 56.1 Å². The third kappa shape index (κ3) is 4.30. The number of H-pyrrole nitrogens is 1. The van der Waals surface area contributed by atoms with Gasteiger partial charge < -0.3 is 29.9 Å². The molecule has 1 aromatic carbocycles. The van der Waals surface area contributed by atoms with Crippen LogP contribution in [0.25, 0.3) is 22.2 Å². The molecule has 3 aliphatic heterocycles. The van der Waals surface area contributed by atoms with Gasteiger partial charge in [-0.3, -0.25) is 0 Å². The van der Waals surface area contributed by atoms with Gasteiger partial charge in [-0.2, -0.15) is 0 Å². The van der Waals surface area contributed by atoms with Gasteiger partial charge in [0.1, 0.15) is 5.65 Å². The number of morpholine rings is 1. The van der Waals surface area contributed by atoms with Crippen molar-refractivity contribution in [2.45, 2.75) is 44.9 Å². The average molecular weight is 476 g/mol. The monoisotopic (exact) mass is 475 g/mol. The van der Waals surface area contributed by atoms with E-state index in [-0.39, 0.29) is 18.2 Å². The molecule has 0 spiro atoms. The second-order valence-corrected chi connectivity index (χ2v) is 10.0. The first-order chi connectivity index (χ1) is 17.1. The number of aryl methyl sites for hydroxylation is 1. The maximum Gasteiger partial charge on any atom is 0.320 e. The highest BCUT2D eigenvalue weighted by atomic mass is 16.5. The summed E-state index contributed by atoms with van der Waals surface area (Å²) in [5, 5.41) is 14.6. The number of rotatable bonds is 2. The number of aliphatic hydroxyl groups is 1. The molecule has 35 heavy (non-hydrogen) atoms. The lowest BCUT2D eigenvalue weighted by Gasteiger charge is -2.38. The van der Waals surface area contributed by atoms with E-state index in [2.05, 4.69) is 40.4 Å². The molecule has 0 saturated carbocycles. The molecule has 0 aliphatic carbocycles. The number of piperidine rings is 1. The Balaban J connectivity index is 1.35. The van der Waals surface area contributed by atoms with E-state index in [9.17, 15) is 9.90 Å². The van der Waals surface area contributed by atoms with Crippen molar-refractivity contribution in [2.75, 3.05) is 39.4 Å². The second kappa shape index (κ2) is 9.26. The molecule has 2 fully saturated rings. The zero-order valence-electron chi connectivity index (χ0n) is 20.2. The summed E-state index contributed by atoms with van der Waals surface area (Å²) in [6.45, 7) is 6.83. The number of carbonyl (C=O) groups is 1. The molecular weight excluding hydrogens is 442 g/mol. The van der Waals surface area contributed by atoms with E-state index in [1.54, 1.807) is 0 Å². The number of carbonyl (C=O) groups excluding carboxylic acids is 1. The molecule has 2 aromatic heterocycles. The first kappa shape index (κ1) is 22.5. The van der Waals surface area contributed by atoms with Crippen molar-refractivity contribution in [1.82, 2.24) is 25.1 Å². The predicted molar refractivity (Wildman–Crippen MR) is 134 cm³/mol. The van der Waals surface area contributed by atoms with Gasteiger partial charge in [-0.15, -0.1) is 0 Å². The van der Waals surface area contributed by atoms with Crippen LogP contribution in [-0.2, 0) is 17.7 Å². The summed E-state index contributed by atoms with van der Waals surface area (Å²) in [6, 6.07) is 6.95. The van der Waals surface area contributed by atoms with Gasteiger partial charge in [0.05, 0.1) is 25.4 Å². The Morgan fingerprint density at radius 1 is 1.14 bits per heavy atom. The Kier molecular flexibility index (Phi) is 5.96. The Morgan fingerprint density at radius 2 is 2.00 bits per heavy atom. The van der Waals surface area contributed by atoms with Gasteiger partial charge in [0.25, 0.3) is 0 Å². The van der Waals surface area contributed by atoms with Crippen LogP contribution < -0.4 is 5.32 Å². The average Bonchev–Trinajstić information content (AvgIpc) is 3.28. The highest BCUT2D eigenvalue weighted by Gasteiger charge is 2.31. The standard InChI is InChI=1S/C27H33N5O3/c1-17-13-29-26-22(17)12-20(14-30-26)19-10-18-2-6-32(27(34)31-7-3-21(33)4-8-31)15-24(18)23(11-19)25-16-35-9-5-28-25/h10-14,21,25,28,33H,2-9,15-16H2,1H3,(H,29,30)/t25-/m0/s1. The molecule has 0 bridgehead atoms. The Bertz CT molecular complexity index is 1240. The van der Waals surface area contributed by atoms with Gasteiger partial charge in [-0.05, 0) is 66.1 Å². The number of ether oxygens (including phenoxy) is 1. The molecule has 184 valence electrons. The third-order valence-electron chi connectivity index (χ3n) is 7.75. The van der Waals surface area contributed by atoms with Crippen LogP contribution in [0.1, 0.15) is 41.1 Å². The third-order valence-corrected chi connectivity index (χ3v) is 7.75. The van der Waals surface area contributed by atoms with Gasteiger partial charge in [0.15, 0.2) is 0 Å². The smallest absolute Gasteiger partial charge is 0.320 e. The number of hydrogen-bond donors (Lipinski definition) is 3. The molecule has 1 atom stereocenters. The summed E-state index contributed by atoms with van der Waals surface area (Å²) in [5.41, 5.74) is 8.11. The number of amides is 2. The maximum atomic E-state index is 13.3. The van der Waals surface area contributed by atoms with Crippen molar-refractivity contribution >= 4 is 17.1 Å². The first-order valence-electron chi connectivity index (χ1n) is 12.7. The number of nitrogens with zero attached hydrogens (tertiary/aromatic N) is 3. The number of aliphatic hydroxyl groups excluding tert-OH is 1. The highest BCUT2D eigenvalue weighted by Crippen LogP contribution is 2.35. The van der Waals surface area contributed by atoms with E-state index in [1.165, 1.54) is 22.3 Å². The number of aromatic nitrogens is 2. The number of urea groups is 1. The zero-order chi connectivity index (χ0) is 23.9. The van der Waals surface area contributed by atoms with Crippen molar-refractivity contribution in [2.24, 2.45) is 0 Å². The molecule has 8 heteroatoms. The van der Waals surface area contributed by atoms with Gasteiger partial charge in [-0.25, -0.2) is 9.78 Å². The summed E-state index contributed by atoms with van der Waals surface area (Å²) in [4.78, 5) is 25.1. The summed E-state index contributed by atoms with van der Waals surface area (Å²) >= 11 is 0.